The average molecular weight is 329 g/mol. The smallest absolute Gasteiger partial charge is 0.331 e. The Bertz CT molecular complexity index is 696. The number of nitrogens with zero attached hydrogens (tertiary/aromatic N) is 1. The third kappa shape index (κ3) is 3.74. The van der Waals surface area contributed by atoms with Gasteiger partial charge in [0.2, 0.25) is 5.92 Å². The van der Waals surface area contributed by atoms with Gasteiger partial charge in [-0.25, -0.2) is 0 Å². The minimum atomic E-state index is -1.55. The molecular weight excluding hydrogens is 310 g/mol. The van der Waals surface area contributed by atoms with E-state index in [1.54, 1.807) is 19.2 Å². The highest BCUT2D eigenvalue weighted by Crippen LogP contribution is 2.26. The van der Waals surface area contributed by atoms with Crippen LogP contribution in [0.25, 0.3) is 0 Å². The summed E-state index contributed by atoms with van der Waals surface area (Å²) in [6, 6.07) is 7.17. The molecule has 1 fully saturated rings. The van der Waals surface area contributed by atoms with E-state index in [9.17, 15) is 14.4 Å². The maximum Gasteiger partial charge on any atom is 0.331 e. The molecule has 0 aromatic heterocycles. The van der Waals surface area contributed by atoms with Gasteiger partial charge in [0.25, 0.3) is 5.79 Å². The molecule has 2 rings (SSSR count). The molecule has 24 heavy (non-hydrogen) atoms. The quantitative estimate of drug-likeness (QED) is 0.461. The fraction of sp³-hybridized carbons (Fsp3) is 0.389. The number of Topliss-reactive ketones (excluding diaryl/α,β-unsaturated/α-hetero) is 1. The molecular formula is C18H19NO5. The molecule has 1 saturated heterocycles. The lowest BCUT2D eigenvalue weighted by Gasteiger charge is -2.32. The van der Waals surface area contributed by atoms with Crippen LogP contribution in [0.2, 0.25) is 0 Å². The lowest BCUT2D eigenvalue weighted by atomic mass is 9.95. The number of benzene rings is 1. The normalized spacial score (nSPS) is 16.8. The lowest BCUT2D eigenvalue weighted by Crippen LogP contribution is -2.49. The predicted molar refractivity (Wildman–Crippen MR) is 87.0 cm³/mol. The highest BCUT2D eigenvalue weighted by atomic mass is 16.7. The number of carbonyl (C=O) groups excluding carboxylic acids is 3. The van der Waals surface area contributed by atoms with Crippen LogP contribution in [0.4, 0.5) is 5.69 Å². The number of anilines is 1. The predicted octanol–water partition coefficient (Wildman–Crippen LogP) is 1.32. The van der Waals surface area contributed by atoms with Gasteiger partial charge in [0.15, 0.2) is 5.78 Å². The van der Waals surface area contributed by atoms with Crippen molar-refractivity contribution in [3.05, 3.63) is 29.8 Å². The van der Waals surface area contributed by atoms with Gasteiger partial charge in [-0.1, -0.05) is 24.1 Å². The average Bonchev–Trinajstić information content (AvgIpc) is 2.45. The van der Waals surface area contributed by atoms with Gasteiger partial charge in [-0.05, 0) is 11.6 Å². The summed E-state index contributed by atoms with van der Waals surface area (Å²) in [5.74, 6) is -2.70. The van der Waals surface area contributed by atoms with Crippen LogP contribution < -0.4 is 4.90 Å². The Kier molecular flexibility index (Phi) is 4.93. The molecule has 0 amide bonds. The molecule has 0 N–H and O–H groups in total. The van der Waals surface area contributed by atoms with Crippen molar-refractivity contribution in [2.75, 3.05) is 18.5 Å². The first kappa shape index (κ1) is 17.5. The van der Waals surface area contributed by atoms with Gasteiger partial charge in [0.1, 0.15) is 0 Å². The van der Waals surface area contributed by atoms with Crippen LogP contribution in [0.3, 0.4) is 0 Å². The molecule has 126 valence electrons. The summed E-state index contributed by atoms with van der Waals surface area (Å²) in [6.45, 7) is 3.24. The summed E-state index contributed by atoms with van der Waals surface area (Å²) in [6.07, 6.45) is 5.22. The second-order valence-corrected chi connectivity index (χ2v) is 6.01. The van der Waals surface area contributed by atoms with E-state index in [0.29, 0.717) is 12.1 Å². The van der Waals surface area contributed by atoms with Crippen molar-refractivity contribution in [3.63, 3.8) is 0 Å². The number of rotatable bonds is 5. The van der Waals surface area contributed by atoms with Gasteiger partial charge in [-0.2, -0.15) is 0 Å². The molecule has 0 radical (unpaired) electrons. The second kappa shape index (κ2) is 6.75. The maximum atomic E-state index is 12.5. The zero-order chi connectivity index (χ0) is 17.9. The Labute approximate surface area is 140 Å². The molecule has 0 spiro atoms. The van der Waals surface area contributed by atoms with Gasteiger partial charge >= 0.3 is 11.9 Å². The minimum absolute atomic E-state index is 0.0968. The summed E-state index contributed by atoms with van der Waals surface area (Å²) in [5.41, 5.74) is 1.44. The van der Waals surface area contributed by atoms with E-state index >= 15 is 0 Å². The number of carbonyl (C=O) groups is 3. The van der Waals surface area contributed by atoms with Gasteiger partial charge in [0.05, 0.1) is 6.54 Å². The Morgan fingerprint density at radius 1 is 1.25 bits per heavy atom. The second-order valence-electron chi connectivity index (χ2n) is 6.01. The SMILES string of the molecule is C#CCN(C)c1ccccc1CC(=O)C1C(=O)OC(C)(C)OC1=O. The molecule has 0 bridgehead atoms. The Morgan fingerprint density at radius 3 is 2.42 bits per heavy atom. The van der Waals surface area contributed by atoms with E-state index in [2.05, 4.69) is 5.92 Å². The van der Waals surface area contributed by atoms with Crippen molar-refractivity contribution in [1.29, 1.82) is 0 Å². The van der Waals surface area contributed by atoms with Crippen LogP contribution in [-0.4, -0.2) is 37.1 Å². The van der Waals surface area contributed by atoms with Crippen LogP contribution in [-0.2, 0) is 30.3 Å². The maximum absolute atomic E-state index is 12.5. The van der Waals surface area contributed by atoms with E-state index in [-0.39, 0.29) is 6.42 Å². The van der Waals surface area contributed by atoms with E-state index < -0.39 is 29.4 Å². The Balaban J connectivity index is 2.20. The Morgan fingerprint density at radius 2 is 1.83 bits per heavy atom. The van der Waals surface area contributed by atoms with Gasteiger partial charge in [0, 0.05) is 33.0 Å². The zero-order valence-electron chi connectivity index (χ0n) is 13.9. The highest BCUT2D eigenvalue weighted by Gasteiger charge is 2.47. The topological polar surface area (TPSA) is 72.9 Å². The first-order valence-corrected chi connectivity index (χ1v) is 7.46. The minimum Gasteiger partial charge on any atom is -0.422 e. The number of hydrogen-bond acceptors (Lipinski definition) is 6. The van der Waals surface area contributed by atoms with E-state index in [4.69, 9.17) is 15.9 Å². The third-order valence-electron chi connectivity index (χ3n) is 3.58. The van der Waals surface area contributed by atoms with E-state index in [1.165, 1.54) is 13.8 Å². The fourth-order valence-corrected chi connectivity index (χ4v) is 2.53. The number of ether oxygens (including phenoxy) is 2. The largest absolute Gasteiger partial charge is 0.422 e. The van der Waals surface area contributed by atoms with Gasteiger partial charge < -0.3 is 14.4 Å². The molecule has 1 aliphatic rings. The highest BCUT2D eigenvalue weighted by molar-refractivity contribution is 6.16. The first-order valence-electron chi connectivity index (χ1n) is 7.46. The third-order valence-corrected chi connectivity index (χ3v) is 3.58. The number of terminal acetylenes is 1. The Hall–Kier alpha value is -2.81. The molecule has 1 heterocycles. The molecule has 1 aliphatic heterocycles. The van der Waals surface area contributed by atoms with Crippen molar-refractivity contribution in [3.8, 4) is 12.3 Å². The molecule has 0 saturated carbocycles. The van der Waals surface area contributed by atoms with Crippen LogP contribution in [0, 0.1) is 18.3 Å². The molecule has 0 aliphatic carbocycles. The lowest BCUT2D eigenvalue weighted by molar-refractivity contribution is -0.238. The van der Waals surface area contributed by atoms with Gasteiger partial charge in [-0.3, -0.25) is 14.4 Å². The van der Waals surface area contributed by atoms with Crippen LogP contribution in [0.5, 0.6) is 0 Å². The standard InChI is InChI=1S/C18H19NO5/c1-5-10-19(4)13-9-7-6-8-12(13)11-14(20)15-16(21)23-18(2,3)24-17(15)22/h1,6-9,15H,10-11H2,2-4H3. The number of esters is 2. The van der Waals surface area contributed by atoms with Crippen molar-refractivity contribution in [1.82, 2.24) is 0 Å². The summed E-state index contributed by atoms with van der Waals surface area (Å²) in [5, 5.41) is 0. The van der Waals surface area contributed by atoms with E-state index in [0.717, 1.165) is 5.69 Å². The summed E-state index contributed by atoms with van der Waals surface area (Å²) >= 11 is 0. The fourth-order valence-electron chi connectivity index (χ4n) is 2.53. The van der Waals surface area contributed by atoms with Crippen molar-refractivity contribution in [2.24, 2.45) is 5.92 Å². The monoisotopic (exact) mass is 329 g/mol. The zero-order valence-corrected chi connectivity index (χ0v) is 13.9. The van der Waals surface area contributed by atoms with Crippen molar-refractivity contribution >= 4 is 23.4 Å². The number of hydrogen-bond donors (Lipinski definition) is 0. The molecule has 1 aromatic rings. The van der Waals surface area contributed by atoms with E-state index in [1.807, 2.05) is 17.0 Å². The van der Waals surface area contributed by atoms with Crippen LogP contribution in [0.15, 0.2) is 24.3 Å². The van der Waals surface area contributed by atoms with Gasteiger partial charge in [-0.15, -0.1) is 6.42 Å². The number of ketones is 1. The number of para-hydroxylation sites is 1. The molecule has 0 unspecified atom stereocenters. The molecule has 1 aromatic carbocycles. The summed E-state index contributed by atoms with van der Waals surface area (Å²) < 4.78 is 9.98. The molecule has 0 atom stereocenters. The van der Waals surface area contributed by atoms with Crippen molar-refractivity contribution in [2.45, 2.75) is 26.1 Å². The molecule has 6 nitrogen and oxygen atoms in total. The first-order chi connectivity index (χ1) is 11.2. The van der Waals surface area contributed by atoms with Crippen molar-refractivity contribution < 1.29 is 23.9 Å². The summed E-state index contributed by atoms with van der Waals surface area (Å²) in [4.78, 5) is 38.3. The summed E-state index contributed by atoms with van der Waals surface area (Å²) in [7, 11) is 1.80. The number of cyclic esters (lactones) is 2. The van der Waals surface area contributed by atoms with Crippen LogP contribution in [0.1, 0.15) is 19.4 Å². The molecule has 6 heteroatoms. The van der Waals surface area contributed by atoms with Crippen LogP contribution >= 0.6 is 0 Å².